The van der Waals surface area contributed by atoms with Crippen LogP contribution in [0.1, 0.15) is 11.8 Å². The second kappa shape index (κ2) is 9.87. The molecule has 5 unspecified atom stereocenters. The van der Waals surface area contributed by atoms with E-state index in [1.807, 2.05) is 5.09 Å². The molecule has 35 heavy (non-hydrogen) atoms. The van der Waals surface area contributed by atoms with Gasteiger partial charge in [-0.15, -0.1) is 0 Å². The average molecular weight is 507 g/mol. The first kappa shape index (κ1) is 25.0. The van der Waals surface area contributed by atoms with Crippen LogP contribution in [0.15, 0.2) is 47.5 Å². The van der Waals surface area contributed by atoms with Gasteiger partial charge in [0.1, 0.15) is 24.1 Å². The van der Waals surface area contributed by atoms with Crippen LogP contribution >= 0.6 is 7.75 Å². The van der Waals surface area contributed by atoms with Crippen LogP contribution in [0.2, 0.25) is 0 Å². The third kappa shape index (κ3) is 5.44. The number of nitrogens with zero attached hydrogens (tertiary/aromatic N) is 2. The predicted molar refractivity (Wildman–Crippen MR) is 116 cm³/mol. The van der Waals surface area contributed by atoms with Crippen LogP contribution < -0.4 is 26.5 Å². The van der Waals surface area contributed by atoms with Crippen molar-refractivity contribution in [3.63, 3.8) is 0 Å². The van der Waals surface area contributed by atoms with Crippen molar-refractivity contribution in [2.75, 3.05) is 12.3 Å². The molecule has 0 amide bonds. The fraction of sp³-hybridized carbons (Fsp3) is 0.350. The van der Waals surface area contributed by atoms with Crippen molar-refractivity contribution in [2.45, 2.75) is 37.0 Å². The molecule has 0 spiro atoms. The van der Waals surface area contributed by atoms with Crippen molar-refractivity contribution in [1.82, 2.24) is 19.6 Å². The van der Waals surface area contributed by atoms with Crippen LogP contribution in [0, 0.1) is 0 Å². The standard InChI is InChI=1S/C20H24N5O9P/c21-15-5-6-25(20(30)23-15)18-17(27)16(26)14(34-18)9-33-35(31,32)24-13(19(28)29)7-10-8-22-12-4-2-1-3-11(10)12/h1-6,8,13-14,16-18,22,26-27H,7,9H2,(H,28,29)(H2,21,23,30)(H2,24,31,32)/p-2/t13-,14?,16?,17?,18?/m0/s1. The molecule has 14 nitrogen and oxygen atoms in total. The number of carbonyl (C=O) groups is 1. The van der Waals surface area contributed by atoms with Gasteiger partial charge in [-0.05, 0) is 24.1 Å². The van der Waals surface area contributed by atoms with Gasteiger partial charge < -0.3 is 45.0 Å². The average Bonchev–Trinajstić information content (AvgIpc) is 3.33. The zero-order chi connectivity index (χ0) is 25.3. The summed E-state index contributed by atoms with van der Waals surface area (Å²) in [5.74, 6) is -1.73. The summed E-state index contributed by atoms with van der Waals surface area (Å²) in [4.78, 5) is 42.5. The lowest BCUT2D eigenvalue weighted by molar-refractivity contribution is -0.308. The van der Waals surface area contributed by atoms with Gasteiger partial charge in [0, 0.05) is 23.3 Å². The third-order valence-corrected chi connectivity index (χ3v) is 6.69. The fourth-order valence-electron chi connectivity index (χ4n) is 3.82. The fourth-order valence-corrected chi connectivity index (χ4v) is 4.81. The second-order valence-corrected chi connectivity index (χ2v) is 9.46. The first-order chi connectivity index (χ1) is 16.6. The Bertz CT molecular complexity index is 1330. The Morgan fingerprint density at radius 1 is 1.34 bits per heavy atom. The molecule has 15 heteroatoms. The van der Waals surface area contributed by atoms with Gasteiger partial charge in [0.25, 0.3) is 0 Å². The molecular formula is C20H22N5O9P-2. The van der Waals surface area contributed by atoms with Gasteiger partial charge in [-0.1, -0.05) is 18.2 Å². The highest BCUT2D eigenvalue weighted by atomic mass is 31.2. The first-order valence-electron chi connectivity index (χ1n) is 10.4. The number of fused-ring (bicyclic) bond motifs is 1. The summed E-state index contributed by atoms with van der Waals surface area (Å²) in [5, 5.41) is 34.7. The van der Waals surface area contributed by atoms with Gasteiger partial charge in [-0.3, -0.25) is 9.13 Å². The molecule has 0 aliphatic carbocycles. The largest absolute Gasteiger partial charge is 0.766 e. The smallest absolute Gasteiger partial charge is 0.351 e. The lowest BCUT2D eigenvalue weighted by Gasteiger charge is -2.31. The molecule has 1 fully saturated rings. The molecular weight excluding hydrogens is 485 g/mol. The molecule has 6 N–H and O–H groups in total. The van der Waals surface area contributed by atoms with Crippen molar-refractivity contribution in [2.24, 2.45) is 0 Å². The summed E-state index contributed by atoms with van der Waals surface area (Å²) in [6.45, 7) is -0.771. The minimum absolute atomic E-state index is 0.0624. The highest BCUT2D eigenvalue weighted by Crippen LogP contribution is 2.36. The van der Waals surface area contributed by atoms with E-state index >= 15 is 0 Å². The number of carboxylic acids is 1. The molecule has 6 atom stereocenters. The second-order valence-electron chi connectivity index (χ2n) is 7.95. The number of rotatable bonds is 9. The molecule has 0 radical (unpaired) electrons. The summed E-state index contributed by atoms with van der Waals surface area (Å²) in [7, 11) is -4.99. The Kier molecular flexibility index (Phi) is 7.05. The molecule has 1 aliphatic heterocycles. The highest BCUT2D eigenvalue weighted by molar-refractivity contribution is 7.49. The number of para-hydroxylation sites is 1. The SMILES string of the molecule is Nc1ccn(C2OC(COP(=O)([O-])N[C@@H](Cc3c[nH]c4ccccc34)C(=O)[O-])C(O)C2O)c(=O)n1. The van der Waals surface area contributed by atoms with E-state index in [1.165, 1.54) is 12.3 Å². The van der Waals surface area contributed by atoms with E-state index in [9.17, 15) is 34.4 Å². The number of aromatic nitrogens is 3. The molecule has 1 saturated heterocycles. The Balaban J connectivity index is 1.41. The summed E-state index contributed by atoms with van der Waals surface area (Å²) < 4.78 is 23.6. The third-order valence-electron chi connectivity index (χ3n) is 5.57. The number of hydrogen-bond donors (Lipinski definition) is 5. The molecule has 4 rings (SSSR count). The highest BCUT2D eigenvalue weighted by Gasteiger charge is 2.44. The van der Waals surface area contributed by atoms with Gasteiger partial charge in [-0.25, -0.2) is 9.88 Å². The number of hydrogen-bond acceptors (Lipinski definition) is 11. The van der Waals surface area contributed by atoms with Crippen LogP contribution in [0.5, 0.6) is 0 Å². The van der Waals surface area contributed by atoms with Crippen LogP contribution in [0.25, 0.3) is 10.9 Å². The molecule has 2 aromatic heterocycles. The lowest BCUT2D eigenvalue weighted by atomic mass is 10.1. The van der Waals surface area contributed by atoms with Crippen molar-refractivity contribution in [3.8, 4) is 0 Å². The van der Waals surface area contributed by atoms with Crippen molar-refractivity contribution in [3.05, 3.63) is 58.8 Å². The number of carboxylic acid groups (broad SMARTS) is 1. The minimum atomic E-state index is -4.99. The topological polar surface area (TPSA) is 228 Å². The number of H-pyrrole nitrogens is 1. The van der Waals surface area contributed by atoms with Crippen molar-refractivity contribution in [1.29, 1.82) is 0 Å². The molecule has 0 saturated carbocycles. The van der Waals surface area contributed by atoms with Crippen LogP contribution in [-0.2, 0) is 25.0 Å². The first-order valence-corrected chi connectivity index (χ1v) is 12.0. The van der Waals surface area contributed by atoms with Gasteiger partial charge >= 0.3 is 5.69 Å². The zero-order valence-electron chi connectivity index (χ0n) is 18.0. The number of carbonyl (C=O) groups excluding carboxylic acids is 1. The summed E-state index contributed by atoms with van der Waals surface area (Å²) in [5.41, 5.74) is 5.86. The molecule has 0 bridgehead atoms. The van der Waals surface area contributed by atoms with Crippen molar-refractivity contribution >= 4 is 30.4 Å². The number of aliphatic carboxylic acids is 1. The Hall–Kier alpha value is -3.10. The summed E-state index contributed by atoms with van der Waals surface area (Å²) in [6.07, 6.45) is -3.43. The number of benzene rings is 1. The van der Waals surface area contributed by atoms with Gasteiger partial charge in [0.05, 0.1) is 18.6 Å². The number of nitrogens with one attached hydrogen (secondary N) is 2. The van der Waals surface area contributed by atoms with E-state index in [-0.39, 0.29) is 12.2 Å². The quantitative estimate of drug-likeness (QED) is 0.187. The number of ether oxygens (including phenoxy) is 1. The molecule has 1 aliphatic rings. The van der Waals surface area contributed by atoms with E-state index in [4.69, 9.17) is 15.0 Å². The number of anilines is 1. The monoisotopic (exact) mass is 507 g/mol. The van der Waals surface area contributed by atoms with Gasteiger partial charge in [0.15, 0.2) is 6.23 Å². The normalized spacial score (nSPS) is 24.9. The van der Waals surface area contributed by atoms with Crippen LogP contribution in [0.3, 0.4) is 0 Å². The minimum Gasteiger partial charge on any atom is -0.766 e. The number of nitrogens with two attached hydrogens (primary N) is 1. The van der Waals surface area contributed by atoms with E-state index in [1.54, 1.807) is 30.5 Å². The zero-order valence-corrected chi connectivity index (χ0v) is 18.9. The summed E-state index contributed by atoms with van der Waals surface area (Å²) in [6, 6.07) is 6.71. The van der Waals surface area contributed by atoms with Crippen LogP contribution in [-0.4, -0.2) is 61.7 Å². The number of aliphatic hydroxyl groups is 2. The lowest BCUT2D eigenvalue weighted by Crippen LogP contribution is -2.47. The van der Waals surface area contributed by atoms with Crippen LogP contribution in [0.4, 0.5) is 5.82 Å². The molecule has 3 heterocycles. The molecule has 3 aromatic rings. The van der Waals surface area contributed by atoms with E-state index < -0.39 is 56.6 Å². The Morgan fingerprint density at radius 2 is 2.09 bits per heavy atom. The summed E-state index contributed by atoms with van der Waals surface area (Å²) >= 11 is 0. The maximum atomic E-state index is 12.4. The van der Waals surface area contributed by atoms with E-state index in [2.05, 4.69) is 9.97 Å². The molecule has 1 aromatic carbocycles. The Morgan fingerprint density at radius 3 is 2.80 bits per heavy atom. The van der Waals surface area contributed by atoms with E-state index in [0.29, 0.717) is 5.56 Å². The maximum absolute atomic E-state index is 12.4. The maximum Gasteiger partial charge on any atom is 0.351 e. The van der Waals surface area contributed by atoms with E-state index in [0.717, 1.165) is 15.5 Å². The molecule has 188 valence electrons. The van der Waals surface area contributed by atoms with Gasteiger partial charge in [-0.2, -0.15) is 4.98 Å². The predicted octanol–water partition coefficient (Wildman–Crippen LogP) is -2.64. The number of aliphatic hydroxyl groups excluding tert-OH is 2. The Labute approximate surface area is 197 Å². The van der Waals surface area contributed by atoms with Gasteiger partial charge in [0.2, 0.25) is 7.75 Å². The number of nitrogen functional groups attached to an aromatic ring is 1. The van der Waals surface area contributed by atoms with Crippen molar-refractivity contribution < 1.29 is 38.8 Å². The number of aromatic amines is 1.